The van der Waals surface area contributed by atoms with Crippen molar-refractivity contribution in [2.24, 2.45) is 0 Å². The first kappa shape index (κ1) is 13.1. The van der Waals surface area contributed by atoms with E-state index in [2.05, 4.69) is 49.7 Å². The monoisotopic (exact) mass is 274 g/mol. The van der Waals surface area contributed by atoms with Crippen molar-refractivity contribution in [3.63, 3.8) is 0 Å². The van der Waals surface area contributed by atoms with Crippen molar-refractivity contribution < 1.29 is 4.74 Å². The van der Waals surface area contributed by atoms with Gasteiger partial charge in [-0.05, 0) is 24.3 Å². The molecule has 2 aliphatic heterocycles. The third-order valence-corrected chi connectivity index (χ3v) is 13.4. The second-order valence-electron chi connectivity index (χ2n) is 5.63. The van der Waals surface area contributed by atoms with E-state index in [0.29, 0.717) is 15.9 Å². The van der Waals surface area contributed by atoms with Crippen molar-refractivity contribution in [3.8, 4) is 0 Å². The van der Waals surface area contributed by atoms with Gasteiger partial charge in [0.25, 0.3) is 0 Å². The minimum atomic E-state index is -1.16. The second kappa shape index (κ2) is 4.71. The molecule has 0 bridgehead atoms. The van der Waals surface area contributed by atoms with E-state index < -0.39 is 8.07 Å². The van der Waals surface area contributed by atoms with Crippen molar-refractivity contribution >= 4 is 31.6 Å². The highest BCUT2D eigenvalue weighted by atomic mass is 32.2. The molecule has 1 nitrogen and oxygen atoms in total. The van der Waals surface area contributed by atoms with Crippen LogP contribution in [0.2, 0.25) is 19.6 Å². The van der Waals surface area contributed by atoms with Gasteiger partial charge in [-0.3, -0.25) is 0 Å². The van der Waals surface area contributed by atoms with E-state index in [4.69, 9.17) is 4.74 Å². The first-order chi connectivity index (χ1) is 7.48. The molecule has 0 aromatic carbocycles. The Hall–Kier alpha value is 0.617. The van der Waals surface area contributed by atoms with E-state index in [0.717, 1.165) is 0 Å². The Morgan fingerprint density at radius 2 is 2.00 bits per heavy atom. The zero-order valence-corrected chi connectivity index (χ0v) is 13.1. The van der Waals surface area contributed by atoms with E-state index in [1.165, 1.54) is 24.3 Å². The van der Waals surface area contributed by atoms with Crippen LogP contribution in [-0.4, -0.2) is 35.5 Å². The normalized spacial score (nSPS) is 33.4. The molecule has 2 fully saturated rings. The Kier molecular flexibility index (Phi) is 3.84. The van der Waals surface area contributed by atoms with Gasteiger partial charge in [0, 0.05) is 0 Å². The Labute approximate surface area is 109 Å². The summed E-state index contributed by atoms with van der Waals surface area (Å²) in [5.41, 5.74) is 0. The van der Waals surface area contributed by atoms with Gasteiger partial charge in [-0.25, -0.2) is 0 Å². The molecular formula is C12H22OS2Si. The Morgan fingerprint density at radius 1 is 1.38 bits per heavy atom. The van der Waals surface area contributed by atoms with E-state index in [9.17, 15) is 0 Å². The average molecular weight is 275 g/mol. The molecule has 2 heterocycles. The van der Waals surface area contributed by atoms with E-state index >= 15 is 0 Å². The van der Waals surface area contributed by atoms with Gasteiger partial charge in [0.2, 0.25) is 0 Å². The topological polar surface area (TPSA) is 12.5 Å². The highest BCUT2D eigenvalue weighted by Crippen LogP contribution is 2.53. The van der Waals surface area contributed by atoms with Crippen LogP contribution in [0.25, 0.3) is 0 Å². The largest absolute Gasteiger partial charge is 0.365 e. The lowest BCUT2D eigenvalue weighted by Gasteiger charge is -2.45. The Morgan fingerprint density at radius 3 is 2.44 bits per heavy atom. The molecule has 0 aromatic rings. The molecule has 92 valence electrons. The standard InChI is InChI=1S/C12H22OS2Si/c1-5-10-11(13-10)9-12(16(2,3)4)14-7-6-8-15-12/h5,10-11H,1,6-9H2,2-4H3/t10-,11+/m1/s1. The maximum absolute atomic E-state index is 5.67. The van der Waals surface area contributed by atoms with Gasteiger partial charge in [-0.1, -0.05) is 25.7 Å². The number of thioether (sulfide) groups is 2. The van der Waals surface area contributed by atoms with Gasteiger partial charge in [-0.2, -0.15) is 0 Å². The third-order valence-electron chi connectivity index (χ3n) is 3.43. The second-order valence-corrected chi connectivity index (χ2v) is 14.8. The molecule has 0 N–H and O–H groups in total. The highest BCUT2D eigenvalue weighted by Gasteiger charge is 2.51. The van der Waals surface area contributed by atoms with Crippen LogP contribution in [0.1, 0.15) is 12.8 Å². The summed E-state index contributed by atoms with van der Waals surface area (Å²) in [6.45, 7) is 11.3. The molecule has 2 rings (SSSR count). The Bertz CT molecular complexity index is 269. The van der Waals surface area contributed by atoms with Crippen molar-refractivity contribution in [2.45, 2.75) is 48.4 Å². The molecular weight excluding hydrogens is 252 g/mol. The van der Waals surface area contributed by atoms with Gasteiger partial charge in [0.1, 0.15) is 6.10 Å². The van der Waals surface area contributed by atoms with Crippen LogP contribution in [0.3, 0.4) is 0 Å². The SMILES string of the molecule is C=C[C@H]1O[C@H]1CC1([Si](C)(C)C)SCCCS1. The van der Waals surface area contributed by atoms with Crippen molar-refractivity contribution in [1.82, 2.24) is 0 Å². The van der Waals surface area contributed by atoms with Gasteiger partial charge in [-0.15, -0.1) is 30.1 Å². The van der Waals surface area contributed by atoms with Crippen LogP contribution in [0.15, 0.2) is 12.7 Å². The average Bonchev–Trinajstić information content (AvgIpc) is 2.96. The number of epoxide rings is 1. The molecule has 4 heteroatoms. The van der Waals surface area contributed by atoms with E-state index in [-0.39, 0.29) is 0 Å². The molecule has 2 saturated heterocycles. The number of ether oxygens (including phenoxy) is 1. The molecule has 2 atom stereocenters. The zero-order chi connectivity index (χ0) is 11.8. The summed E-state index contributed by atoms with van der Waals surface area (Å²) in [4.78, 5) is 0. The Balaban J connectivity index is 2.05. The molecule has 0 unspecified atom stereocenters. The van der Waals surface area contributed by atoms with Gasteiger partial charge in [0.05, 0.1) is 17.9 Å². The molecule has 16 heavy (non-hydrogen) atoms. The lowest BCUT2D eigenvalue weighted by Crippen LogP contribution is -2.49. The van der Waals surface area contributed by atoms with Crippen LogP contribution < -0.4 is 0 Å². The minimum absolute atomic E-state index is 0.344. The molecule has 0 aromatic heterocycles. The summed E-state index contributed by atoms with van der Waals surface area (Å²) in [5.74, 6) is 2.67. The van der Waals surface area contributed by atoms with Gasteiger partial charge in [0.15, 0.2) is 0 Å². The molecule has 0 saturated carbocycles. The van der Waals surface area contributed by atoms with Crippen LogP contribution in [0.5, 0.6) is 0 Å². The van der Waals surface area contributed by atoms with Crippen LogP contribution in [0.4, 0.5) is 0 Å². The molecule has 0 amide bonds. The zero-order valence-electron chi connectivity index (χ0n) is 10.5. The fraction of sp³-hybridized carbons (Fsp3) is 0.833. The summed E-state index contributed by atoms with van der Waals surface area (Å²) in [6, 6.07) is 0. The summed E-state index contributed by atoms with van der Waals surface area (Å²) < 4.78 is 6.15. The molecule has 2 aliphatic rings. The number of hydrogen-bond acceptors (Lipinski definition) is 3. The molecule has 0 radical (unpaired) electrons. The van der Waals surface area contributed by atoms with Crippen molar-refractivity contribution in [1.29, 1.82) is 0 Å². The predicted molar refractivity (Wildman–Crippen MR) is 79.1 cm³/mol. The van der Waals surface area contributed by atoms with Crippen molar-refractivity contribution in [3.05, 3.63) is 12.7 Å². The highest BCUT2D eigenvalue weighted by molar-refractivity contribution is 8.21. The van der Waals surface area contributed by atoms with Gasteiger partial charge >= 0.3 is 0 Å². The summed E-state index contributed by atoms with van der Waals surface area (Å²) in [6.07, 6.45) is 5.37. The number of hydrogen-bond donors (Lipinski definition) is 0. The predicted octanol–water partition coefficient (Wildman–Crippen LogP) is 3.77. The van der Waals surface area contributed by atoms with Crippen LogP contribution in [-0.2, 0) is 4.74 Å². The van der Waals surface area contributed by atoms with Crippen molar-refractivity contribution in [2.75, 3.05) is 11.5 Å². The fourth-order valence-electron chi connectivity index (χ4n) is 2.22. The van der Waals surface area contributed by atoms with Crippen LogP contribution in [0, 0.1) is 0 Å². The summed E-state index contributed by atoms with van der Waals surface area (Å²) in [7, 11) is -1.16. The maximum Gasteiger partial charge on any atom is 0.102 e. The first-order valence-corrected chi connectivity index (χ1v) is 11.5. The fourth-order valence-corrected chi connectivity index (χ4v) is 9.93. The summed E-state index contributed by atoms with van der Waals surface area (Å²) >= 11 is 4.42. The number of rotatable bonds is 4. The summed E-state index contributed by atoms with van der Waals surface area (Å²) in [5, 5.41) is 0. The lowest BCUT2D eigenvalue weighted by atomic mass is 10.2. The van der Waals surface area contributed by atoms with Crippen LogP contribution >= 0.6 is 23.5 Å². The maximum atomic E-state index is 5.67. The molecule has 0 aliphatic carbocycles. The first-order valence-electron chi connectivity index (χ1n) is 6.04. The lowest BCUT2D eigenvalue weighted by molar-refractivity contribution is 0.380. The smallest absolute Gasteiger partial charge is 0.102 e. The van der Waals surface area contributed by atoms with E-state index in [1.54, 1.807) is 0 Å². The third kappa shape index (κ3) is 2.55. The minimum Gasteiger partial charge on any atom is -0.365 e. The van der Waals surface area contributed by atoms with Gasteiger partial charge < -0.3 is 4.74 Å². The van der Waals surface area contributed by atoms with E-state index in [1.807, 2.05) is 6.08 Å². The molecule has 0 spiro atoms. The quantitative estimate of drug-likeness (QED) is 0.440.